The fourth-order valence-corrected chi connectivity index (χ4v) is 3.76. The number of nitrogens with one attached hydrogen (secondary N) is 1. The molecule has 98 valence electrons. The Bertz CT molecular complexity index is 578. The molecule has 0 aromatic heterocycles. The Balaban J connectivity index is 1.60. The predicted octanol–water partition coefficient (Wildman–Crippen LogP) is 5.41. The zero-order valence-electron chi connectivity index (χ0n) is 10.4. The fraction of sp³-hybridized carbons (Fsp3) is 0.250. The second-order valence-corrected chi connectivity index (χ2v) is 7.14. The first-order chi connectivity index (χ1) is 9.22. The van der Waals surface area contributed by atoms with E-state index in [9.17, 15) is 0 Å². The van der Waals surface area contributed by atoms with Gasteiger partial charge in [0.15, 0.2) is 0 Å². The molecule has 19 heavy (non-hydrogen) atoms. The van der Waals surface area contributed by atoms with Crippen LogP contribution in [0.25, 0.3) is 0 Å². The molecule has 1 aliphatic rings. The van der Waals surface area contributed by atoms with Gasteiger partial charge < -0.3 is 5.32 Å². The standard InChI is InChI=1S/C16H15BrIN/c17-16-7-2-1-6-15(16)11-8-14(9-11)19-13-5-3-4-12(18)10-13/h1-7,10-11,14,19H,8-9H2. The fourth-order valence-electron chi connectivity index (χ4n) is 2.61. The summed E-state index contributed by atoms with van der Waals surface area (Å²) in [7, 11) is 0. The Morgan fingerprint density at radius 3 is 2.58 bits per heavy atom. The van der Waals surface area contributed by atoms with Gasteiger partial charge in [-0.25, -0.2) is 0 Å². The van der Waals surface area contributed by atoms with Crippen molar-refractivity contribution in [3.63, 3.8) is 0 Å². The van der Waals surface area contributed by atoms with Crippen LogP contribution in [0.4, 0.5) is 5.69 Å². The van der Waals surface area contributed by atoms with E-state index in [4.69, 9.17) is 0 Å². The van der Waals surface area contributed by atoms with Crippen molar-refractivity contribution in [2.45, 2.75) is 24.8 Å². The van der Waals surface area contributed by atoms with Crippen molar-refractivity contribution in [2.75, 3.05) is 5.32 Å². The highest BCUT2D eigenvalue weighted by Gasteiger charge is 2.31. The smallest absolute Gasteiger partial charge is 0.0352 e. The second-order valence-electron chi connectivity index (χ2n) is 5.04. The van der Waals surface area contributed by atoms with Gasteiger partial charge >= 0.3 is 0 Å². The molecular formula is C16H15BrIN. The minimum absolute atomic E-state index is 0.607. The SMILES string of the molecule is Brc1ccccc1C1CC(Nc2cccc(I)c2)C1. The third-order valence-electron chi connectivity index (χ3n) is 3.68. The first-order valence-corrected chi connectivity index (χ1v) is 8.36. The van der Waals surface area contributed by atoms with Crippen molar-refractivity contribution >= 4 is 44.2 Å². The Kier molecular flexibility index (Phi) is 4.12. The van der Waals surface area contributed by atoms with Gasteiger partial charge in [-0.15, -0.1) is 0 Å². The van der Waals surface area contributed by atoms with Crippen LogP contribution in [0, 0.1) is 3.57 Å². The van der Waals surface area contributed by atoms with Crippen molar-refractivity contribution in [2.24, 2.45) is 0 Å². The molecule has 0 aliphatic heterocycles. The molecule has 0 saturated heterocycles. The van der Waals surface area contributed by atoms with Crippen LogP contribution in [0.5, 0.6) is 0 Å². The van der Waals surface area contributed by atoms with Gasteiger partial charge in [0.2, 0.25) is 0 Å². The molecule has 2 aromatic carbocycles. The van der Waals surface area contributed by atoms with Gasteiger partial charge in [0.25, 0.3) is 0 Å². The van der Waals surface area contributed by atoms with Gasteiger partial charge in [0.1, 0.15) is 0 Å². The molecule has 1 saturated carbocycles. The normalized spacial score (nSPS) is 21.8. The highest BCUT2D eigenvalue weighted by molar-refractivity contribution is 14.1. The van der Waals surface area contributed by atoms with E-state index >= 15 is 0 Å². The van der Waals surface area contributed by atoms with Crippen molar-refractivity contribution < 1.29 is 0 Å². The summed E-state index contributed by atoms with van der Waals surface area (Å²) in [4.78, 5) is 0. The Labute approximate surface area is 136 Å². The number of hydrogen-bond donors (Lipinski definition) is 1. The number of benzene rings is 2. The average molecular weight is 428 g/mol. The molecule has 0 radical (unpaired) electrons. The van der Waals surface area contributed by atoms with E-state index in [1.54, 1.807) is 0 Å². The Morgan fingerprint density at radius 2 is 1.84 bits per heavy atom. The molecule has 0 spiro atoms. The lowest BCUT2D eigenvalue weighted by molar-refractivity contribution is 0.373. The molecule has 0 unspecified atom stereocenters. The monoisotopic (exact) mass is 427 g/mol. The van der Waals surface area contributed by atoms with Gasteiger partial charge in [0, 0.05) is 19.8 Å². The molecule has 0 atom stereocenters. The first-order valence-electron chi connectivity index (χ1n) is 6.49. The lowest BCUT2D eigenvalue weighted by Crippen LogP contribution is -2.34. The maximum Gasteiger partial charge on any atom is 0.0352 e. The molecule has 0 bridgehead atoms. The molecule has 0 heterocycles. The van der Waals surface area contributed by atoms with Gasteiger partial charge in [-0.2, -0.15) is 0 Å². The summed E-state index contributed by atoms with van der Waals surface area (Å²) in [6, 6.07) is 17.8. The molecule has 2 aromatic rings. The first kappa shape index (κ1) is 13.4. The largest absolute Gasteiger partial charge is 0.382 e. The van der Waals surface area contributed by atoms with Crippen LogP contribution in [0.2, 0.25) is 0 Å². The van der Waals surface area contributed by atoms with Crippen molar-refractivity contribution in [1.29, 1.82) is 0 Å². The summed E-state index contributed by atoms with van der Waals surface area (Å²) >= 11 is 6.00. The van der Waals surface area contributed by atoms with Crippen LogP contribution in [0.3, 0.4) is 0 Å². The molecular weight excluding hydrogens is 413 g/mol. The van der Waals surface area contributed by atoms with E-state index in [0.29, 0.717) is 12.0 Å². The van der Waals surface area contributed by atoms with Crippen LogP contribution >= 0.6 is 38.5 Å². The van der Waals surface area contributed by atoms with E-state index in [0.717, 1.165) is 0 Å². The third kappa shape index (κ3) is 3.14. The maximum absolute atomic E-state index is 3.65. The van der Waals surface area contributed by atoms with Gasteiger partial charge in [0.05, 0.1) is 0 Å². The van der Waals surface area contributed by atoms with Gasteiger partial charge in [-0.05, 0) is 71.2 Å². The van der Waals surface area contributed by atoms with Crippen LogP contribution in [0.1, 0.15) is 24.3 Å². The summed E-state index contributed by atoms with van der Waals surface area (Å²) in [6.07, 6.45) is 2.43. The number of hydrogen-bond acceptors (Lipinski definition) is 1. The Morgan fingerprint density at radius 1 is 1.05 bits per heavy atom. The van der Waals surface area contributed by atoms with E-state index in [-0.39, 0.29) is 0 Å². The molecule has 0 amide bonds. The average Bonchev–Trinajstić information content (AvgIpc) is 2.35. The summed E-state index contributed by atoms with van der Waals surface area (Å²) in [6.45, 7) is 0. The summed E-state index contributed by atoms with van der Waals surface area (Å²) in [5, 5.41) is 3.62. The molecule has 3 rings (SSSR count). The van der Waals surface area contributed by atoms with Crippen molar-refractivity contribution in [3.8, 4) is 0 Å². The van der Waals surface area contributed by atoms with E-state index < -0.39 is 0 Å². The molecule has 1 fully saturated rings. The summed E-state index contributed by atoms with van der Waals surface area (Å²) < 4.78 is 2.52. The minimum atomic E-state index is 0.607. The lowest BCUT2D eigenvalue weighted by atomic mass is 9.76. The van der Waals surface area contributed by atoms with E-state index in [1.807, 2.05) is 0 Å². The Hall–Kier alpha value is -0.550. The zero-order valence-corrected chi connectivity index (χ0v) is 14.2. The number of anilines is 1. The molecule has 1 aliphatic carbocycles. The topological polar surface area (TPSA) is 12.0 Å². The second kappa shape index (κ2) is 5.83. The highest BCUT2D eigenvalue weighted by Crippen LogP contribution is 2.41. The van der Waals surface area contributed by atoms with Gasteiger partial charge in [-0.3, -0.25) is 0 Å². The maximum atomic E-state index is 3.65. The third-order valence-corrected chi connectivity index (χ3v) is 5.07. The van der Waals surface area contributed by atoms with Crippen LogP contribution < -0.4 is 5.32 Å². The minimum Gasteiger partial charge on any atom is -0.382 e. The summed E-state index contributed by atoms with van der Waals surface area (Å²) in [5.74, 6) is 0.691. The predicted molar refractivity (Wildman–Crippen MR) is 92.7 cm³/mol. The number of halogens is 2. The molecule has 3 heteroatoms. The molecule has 1 nitrogen and oxygen atoms in total. The lowest BCUT2D eigenvalue weighted by Gasteiger charge is -2.37. The summed E-state index contributed by atoms with van der Waals surface area (Å²) in [5.41, 5.74) is 2.69. The van der Waals surface area contributed by atoms with Crippen molar-refractivity contribution in [3.05, 3.63) is 62.1 Å². The van der Waals surface area contributed by atoms with Crippen LogP contribution in [-0.2, 0) is 0 Å². The van der Waals surface area contributed by atoms with Crippen LogP contribution in [-0.4, -0.2) is 6.04 Å². The van der Waals surface area contributed by atoms with Gasteiger partial charge in [-0.1, -0.05) is 40.2 Å². The van der Waals surface area contributed by atoms with Crippen LogP contribution in [0.15, 0.2) is 53.0 Å². The zero-order chi connectivity index (χ0) is 13.2. The van der Waals surface area contributed by atoms with E-state index in [1.165, 1.54) is 32.1 Å². The highest BCUT2D eigenvalue weighted by atomic mass is 127. The van der Waals surface area contributed by atoms with Crippen molar-refractivity contribution in [1.82, 2.24) is 0 Å². The quantitative estimate of drug-likeness (QED) is 0.645. The number of rotatable bonds is 3. The molecule has 1 N–H and O–H groups in total. The van der Waals surface area contributed by atoms with E-state index in [2.05, 4.69) is 92.4 Å².